The smallest absolute Gasteiger partial charge is 0.407 e. The van der Waals surface area contributed by atoms with E-state index < -0.39 is 18.1 Å². The Morgan fingerprint density at radius 3 is 2.19 bits per heavy atom. The number of carboxylic acid groups (broad SMARTS) is 1. The lowest BCUT2D eigenvalue weighted by Crippen LogP contribution is -2.52. The number of nitrogens with one attached hydrogen (secondary N) is 2. The number of aliphatic carboxylic acids is 1. The van der Waals surface area contributed by atoms with Gasteiger partial charge in [0.2, 0.25) is 5.91 Å². The molecule has 1 saturated carbocycles. The van der Waals surface area contributed by atoms with Crippen LogP contribution >= 0.6 is 0 Å². The van der Waals surface area contributed by atoms with Crippen molar-refractivity contribution in [1.29, 1.82) is 0 Å². The summed E-state index contributed by atoms with van der Waals surface area (Å²) in [5.41, 5.74) is 4.46. The SMILES string of the molecule is CC1CC(NC(=O)C(CCC(=O)O)NC(=O)OCC2c3ccccc3-c3ccccc32)C1. The average molecular weight is 437 g/mol. The highest BCUT2D eigenvalue weighted by Crippen LogP contribution is 2.44. The van der Waals surface area contributed by atoms with Gasteiger partial charge in [-0.25, -0.2) is 4.79 Å². The van der Waals surface area contributed by atoms with Crippen LogP contribution in [0.5, 0.6) is 0 Å². The first-order valence-electron chi connectivity index (χ1n) is 11.1. The zero-order valence-corrected chi connectivity index (χ0v) is 18.0. The molecule has 7 nitrogen and oxygen atoms in total. The van der Waals surface area contributed by atoms with Gasteiger partial charge in [-0.3, -0.25) is 9.59 Å². The zero-order chi connectivity index (χ0) is 22.7. The molecule has 2 aliphatic carbocycles. The highest BCUT2D eigenvalue weighted by Gasteiger charge is 2.32. The molecule has 7 heteroatoms. The van der Waals surface area contributed by atoms with Gasteiger partial charge in [-0.05, 0) is 47.4 Å². The van der Waals surface area contributed by atoms with Crippen molar-refractivity contribution in [3.05, 3.63) is 59.7 Å². The van der Waals surface area contributed by atoms with Gasteiger partial charge in [0, 0.05) is 18.4 Å². The van der Waals surface area contributed by atoms with E-state index in [2.05, 4.69) is 29.7 Å². The van der Waals surface area contributed by atoms with Gasteiger partial charge in [-0.1, -0.05) is 55.5 Å². The van der Waals surface area contributed by atoms with Crippen molar-refractivity contribution >= 4 is 18.0 Å². The Morgan fingerprint density at radius 1 is 1.03 bits per heavy atom. The van der Waals surface area contributed by atoms with Crippen LogP contribution in [0.4, 0.5) is 4.79 Å². The molecule has 0 radical (unpaired) electrons. The van der Waals surface area contributed by atoms with E-state index >= 15 is 0 Å². The van der Waals surface area contributed by atoms with Gasteiger partial charge in [0.1, 0.15) is 12.6 Å². The molecule has 4 rings (SSSR count). The summed E-state index contributed by atoms with van der Waals surface area (Å²) in [6.45, 7) is 2.24. The van der Waals surface area contributed by atoms with Gasteiger partial charge in [-0.15, -0.1) is 0 Å². The van der Waals surface area contributed by atoms with E-state index in [-0.39, 0.29) is 37.3 Å². The summed E-state index contributed by atoms with van der Waals surface area (Å²) in [5, 5.41) is 14.5. The maximum absolute atomic E-state index is 12.6. The molecule has 0 heterocycles. The third kappa shape index (κ3) is 4.77. The van der Waals surface area contributed by atoms with Gasteiger partial charge in [0.15, 0.2) is 0 Å². The number of rotatable bonds is 8. The number of hydrogen-bond acceptors (Lipinski definition) is 4. The van der Waals surface area contributed by atoms with Gasteiger partial charge >= 0.3 is 12.1 Å². The maximum Gasteiger partial charge on any atom is 0.407 e. The number of alkyl carbamates (subject to hydrolysis) is 1. The predicted octanol–water partition coefficient (Wildman–Crippen LogP) is 3.67. The van der Waals surface area contributed by atoms with Crippen LogP contribution in [0.15, 0.2) is 48.5 Å². The first kappa shape index (κ1) is 21.9. The number of fused-ring (bicyclic) bond motifs is 3. The Bertz CT molecular complexity index is 969. The van der Waals surface area contributed by atoms with Gasteiger partial charge in [0.25, 0.3) is 0 Å². The zero-order valence-electron chi connectivity index (χ0n) is 18.0. The third-order valence-corrected chi connectivity index (χ3v) is 6.32. The Balaban J connectivity index is 1.38. The van der Waals surface area contributed by atoms with Crippen molar-refractivity contribution < 1.29 is 24.2 Å². The van der Waals surface area contributed by atoms with Crippen LogP contribution in [-0.2, 0) is 14.3 Å². The molecule has 0 saturated heterocycles. The standard InChI is InChI=1S/C25H28N2O5/c1-15-12-16(13-15)26-24(30)22(10-11-23(28)29)27-25(31)32-14-21-19-8-4-2-6-17(19)18-7-3-5-9-20(18)21/h2-9,15-16,21-22H,10-14H2,1H3,(H,26,30)(H,27,31)(H,28,29). The van der Waals surface area contributed by atoms with Crippen molar-refractivity contribution in [1.82, 2.24) is 10.6 Å². The molecular weight excluding hydrogens is 408 g/mol. The fourth-order valence-electron chi connectivity index (χ4n) is 4.64. The summed E-state index contributed by atoms with van der Waals surface area (Å²) in [7, 11) is 0. The molecule has 32 heavy (non-hydrogen) atoms. The van der Waals surface area contributed by atoms with E-state index in [1.165, 1.54) is 0 Å². The van der Waals surface area contributed by atoms with Crippen LogP contribution in [0, 0.1) is 5.92 Å². The van der Waals surface area contributed by atoms with Crippen LogP contribution in [0.1, 0.15) is 49.7 Å². The Hall–Kier alpha value is -3.35. The minimum absolute atomic E-state index is 0.00758. The highest BCUT2D eigenvalue weighted by atomic mass is 16.5. The predicted molar refractivity (Wildman–Crippen MR) is 119 cm³/mol. The van der Waals surface area contributed by atoms with Gasteiger partial charge < -0.3 is 20.5 Å². The first-order valence-corrected chi connectivity index (χ1v) is 11.1. The van der Waals surface area contributed by atoms with Crippen molar-refractivity contribution in [2.45, 2.75) is 50.6 Å². The Kier molecular flexibility index (Phi) is 6.44. The summed E-state index contributed by atoms with van der Waals surface area (Å²) < 4.78 is 5.51. The summed E-state index contributed by atoms with van der Waals surface area (Å²) in [4.78, 5) is 36.2. The average Bonchev–Trinajstić information content (AvgIpc) is 3.07. The fourth-order valence-corrected chi connectivity index (χ4v) is 4.64. The molecule has 168 valence electrons. The molecule has 2 amide bonds. The highest BCUT2D eigenvalue weighted by molar-refractivity contribution is 5.86. The second-order valence-electron chi connectivity index (χ2n) is 8.74. The molecule has 3 N–H and O–H groups in total. The van der Waals surface area contributed by atoms with E-state index in [1.54, 1.807) is 0 Å². The maximum atomic E-state index is 12.6. The fraction of sp³-hybridized carbons (Fsp3) is 0.400. The second kappa shape index (κ2) is 9.42. The summed E-state index contributed by atoms with van der Waals surface area (Å²) in [6.07, 6.45) is 0.848. The monoisotopic (exact) mass is 436 g/mol. The molecule has 1 fully saturated rings. The summed E-state index contributed by atoms with van der Waals surface area (Å²) in [6, 6.07) is 15.2. The van der Waals surface area contributed by atoms with Gasteiger partial charge in [-0.2, -0.15) is 0 Å². The molecule has 2 aromatic rings. The van der Waals surface area contributed by atoms with Crippen molar-refractivity contribution in [2.24, 2.45) is 5.92 Å². The molecule has 1 unspecified atom stereocenters. The molecule has 2 aromatic carbocycles. The number of amides is 2. The molecule has 0 spiro atoms. The van der Waals surface area contributed by atoms with E-state index in [4.69, 9.17) is 9.84 Å². The van der Waals surface area contributed by atoms with Crippen LogP contribution in [0.3, 0.4) is 0 Å². The van der Waals surface area contributed by atoms with Gasteiger partial charge in [0.05, 0.1) is 0 Å². The first-order chi connectivity index (χ1) is 15.4. The lowest BCUT2D eigenvalue weighted by atomic mass is 9.82. The minimum Gasteiger partial charge on any atom is -0.481 e. The molecule has 0 aromatic heterocycles. The number of carbonyl (C=O) groups is 3. The Labute approximate surface area is 187 Å². The van der Waals surface area contributed by atoms with Crippen LogP contribution < -0.4 is 10.6 Å². The molecule has 2 aliphatic rings. The van der Waals surface area contributed by atoms with Crippen molar-refractivity contribution in [3.8, 4) is 11.1 Å². The summed E-state index contributed by atoms with van der Waals surface area (Å²) in [5.74, 6) is -0.908. The normalized spacial score (nSPS) is 19.8. The lowest BCUT2D eigenvalue weighted by molar-refractivity contribution is -0.137. The quantitative estimate of drug-likeness (QED) is 0.586. The largest absolute Gasteiger partial charge is 0.481 e. The number of hydrogen-bond donors (Lipinski definition) is 3. The molecule has 1 atom stereocenters. The third-order valence-electron chi connectivity index (χ3n) is 6.32. The van der Waals surface area contributed by atoms with E-state index in [0.717, 1.165) is 35.1 Å². The minimum atomic E-state index is -1.02. The van der Waals surface area contributed by atoms with E-state index in [9.17, 15) is 14.4 Å². The number of carboxylic acids is 1. The molecule has 0 aliphatic heterocycles. The molecular formula is C25H28N2O5. The van der Waals surface area contributed by atoms with E-state index in [1.807, 2.05) is 36.4 Å². The molecule has 0 bridgehead atoms. The van der Waals surface area contributed by atoms with Crippen LogP contribution in [0.2, 0.25) is 0 Å². The van der Waals surface area contributed by atoms with Crippen molar-refractivity contribution in [3.63, 3.8) is 0 Å². The lowest BCUT2D eigenvalue weighted by Gasteiger charge is -2.34. The number of ether oxygens (including phenoxy) is 1. The van der Waals surface area contributed by atoms with E-state index in [0.29, 0.717) is 5.92 Å². The number of carbonyl (C=O) groups excluding carboxylic acids is 2. The second-order valence-corrected chi connectivity index (χ2v) is 8.74. The van der Waals surface area contributed by atoms with Crippen LogP contribution in [0.25, 0.3) is 11.1 Å². The van der Waals surface area contributed by atoms with Crippen LogP contribution in [-0.4, -0.2) is 41.8 Å². The number of benzene rings is 2. The van der Waals surface area contributed by atoms with Crippen molar-refractivity contribution in [2.75, 3.05) is 6.61 Å². The topological polar surface area (TPSA) is 105 Å². The Morgan fingerprint density at radius 2 is 1.62 bits per heavy atom. The summed E-state index contributed by atoms with van der Waals surface area (Å²) >= 11 is 0.